The molecular weight excluding hydrogens is 392 g/mol. The van der Waals surface area contributed by atoms with Crippen molar-refractivity contribution in [2.45, 2.75) is 0 Å². The van der Waals surface area contributed by atoms with Gasteiger partial charge in [0.1, 0.15) is 5.69 Å². The number of carboxylic acids is 1. The van der Waals surface area contributed by atoms with Crippen LogP contribution in [0.3, 0.4) is 0 Å². The highest BCUT2D eigenvalue weighted by Crippen LogP contribution is 2.31. The van der Waals surface area contributed by atoms with Crippen LogP contribution < -0.4 is 5.32 Å². The van der Waals surface area contributed by atoms with E-state index in [-0.39, 0.29) is 17.2 Å². The van der Waals surface area contributed by atoms with Crippen molar-refractivity contribution in [2.24, 2.45) is 7.05 Å². The molecule has 2 aromatic rings. The van der Waals surface area contributed by atoms with Gasteiger partial charge < -0.3 is 15.0 Å². The molecular formula is C13H10Br2N2O3. The predicted octanol–water partition coefficient (Wildman–Crippen LogP) is 3.50. The third-order valence-electron chi connectivity index (χ3n) is 2.70. The van der Waals surface area contributed by atoms with Gasteiger partial charge in [0.15, 0.2) is 0 Å². The first-order valence-corrected chi connectivity index (χ1v) is 7.13. The number of benzene rings is 1. The van der Waals surface area contributed by atoms with Gasteiger partial charge in [-0.15, -0.1) is 0 Å². The fraction of sp³-hybridized carbons (Fsp3) is 0.0769. The second-order valence-electron chi connectivity index (χ2n) is 4.07. The molecule has 1 amide bonds. The smallest absolute Gasteiger partial charge is 0.337 e. The molecule has 20 heavy (non-hydrogen) atoms. The van der Waals surface area contributed by atoms with E-state index in [1.54, 1.807) is 36.0 Å². The summed E-state index contributed by atoms with van der Waals surface area (Å²) >= 11 is 6.48. The topological polar surface area (TPSA) is 71.3 Å². The van der Waals surface area contributed by atoms with Gasteiger partial charge in [0.2, 0.25) is 0 Å². The van der Waals surface area contributed by atoms with Crippen molar-refractivity contribution in [3.05, 3.63) is 50.7 Å². The number of rotatable bonds is 3. The normalized spacial score (nSPS) is 10.3. The summed E-state index contributed by atoms with van der Waals surface area (Å²) in [4.78, 5) is 23.4. The Morgan fingerprint density at radius 1 is 1.30 bits per heavy atom. The average Bonchev–Trinajstić information content (AvgIpc) is 2.78. The van der Waals surface area contributed by atoms with E-state index >= 15 is 0 Å². The zero-order valence-corrected chi connectivity index (χ0v) is 13.5. The first-order chi connectivity index (χ1) is 9.40. The van der Waals surface area contributed by atoms with Crippen LogP contribution in [0.4, 0.5) is 5.69 Å². The zero-order valence-electron chi connectivity index (χ0n) is 10.4. The molecule has 1 aromatic carbocycles. The van der Waals surface area contributed by atoms with Gasteiger partial charge >= 0.3 is 5.97 Å². The first-order valence-electron chi connectivity index (χ1n) is 5.55. The Kier molecular flexibility index (Phi) is 4.29. The van der Waals surface area contributed by atoms with Crippen LogP contribution in [0.15, 0.2) is 39.4 Å². The molecule has 1 heterocycles. The number of hydrogen-bond acceptors (Lipinski definition) is 2. The standard InChI is InChI=1S/C13H10Br2N2O3/c1-17-4-2-3-10(17)12(18)16-11-8(13(19)20)5-7(14)6-9(11)15/h2-6H,1H3,(H,16,18)(H,19,20). The highest BCUT2D eigenvalue weighted by atomic mass is 79.9. The number of carboxylic acid groups (broad SMARTS) is 1. The van der Waals surface area contributed by atoms with Crippen molar-refractivity contribution in [2.75, 3.05) is 5.32 Å². The van der Waals surface area contributed by atoms with Crippen molar-refractivity contribution < 1.29 is 14.7 Å². The molecule has 104 valence electrons. The number of nitrogens with one attached hydrogen (secondary N) is 1. The van der Waals surface area contributed by atoms with Gasteiger partial charge in [-0.2, -0.15) is 0 Å². The Hall–Kier alpha value is -1.60. The highest BCUT2D eigenvalue weighted by molar-refractivity contribution is 9.11. The molecule has 2 rings (SSSR count). The van der Waals surface area contributed by atoms with Gasteiger partial charge in [-0.05, 0) is 40.2 Å². The van der Waals surface area contributed by atoms with Crippen molar-refractivity contribution in [1.29, 1.82) is 0 Å². The largest absolute Gasteiger partial charge is 0.478 e. The number of aromatic nitrogens is 1. The summed E-state index contributed by atoms with van der Waals surface area (Å²) in [6, 6.07) is 6.51. The fourth-order valence-electron chi connectivity index (χ4n) is 1.74. The van der Waals surface area contributed by atoms with Crippen LogP contribution in [-0.2, 0) is 7.05 Å². The molecule has 0 atom stereocenters. The van der Waals surface area contributed by atoms with E-state index in [1.807, 2.05) is 0 Å². The number of carbonyl (C=O) groups excluding carboxylic acids is 1. The first kappa shape index (κ1) is 14.8. The van der Waals surface area contributed by atoms with Crippen LogP contribution in [0, 0.1) is 0 Å². The Morgan fingerprint density at radius 3 is 2.55 bits per heavy atom. The summed E-state index contributed by atoms with van der Waals surface area (Å²) < 4.78 is 2.76. The van der Waals surface area contributed by atoms with Gasteiger partial charge in [-0.3, -0.25) is 4.79 Å². The zero-order chi connectivity index (χ0) is 14.9. The number of aryl methyl sites for hydroxylation is 1. The molecule has 0 aliphatic rings. The fourth-order valence-corrected chi connectivity index (χ4v) is 3.07. The number of aromatic carboxylic acids is 1. The lowest BCUT2D eigenvalue weighted by molar-refractivity contribution is 0.0698. The van der Waals surface area contributed by atoms with Crippen LogP contribution in [0.1, 0.15) is 20.8 Å². The number of nitrogens with zero attached hydrogens (tertiary/aromatic N) is 1. The predicted molar refractivity (Wildman–Crippen MR) is 82.2 cm³/mol. The number of amides is 1. The van der Waals surface area contributed by atoms with Crippen LogP contribution in [-0.4, -0.2) is 21.6 Å². The van der Waals surface area contributed by atoms with Crippen LogP contribution in [0.2, 0.25) is 0 Å². The molecule has 0 bridgehead atoms. The lowest BCUT2D eigenvalue weighted by Crippen LogP contribution is -2.18. The van der Waals surface area contributed by atoms with E-state index in [9.17, 15) is 14.7 Å². The Bertz CT molecular complexity index is 695. The summed E-state index contributed by atoms with van der Waals surface area (Å²) in [5, 5.41) is 11.8. The molecule has 0 fully saturated rings. The molecule has 0 aliphatic carbocycles. The Morgan fingerprint density at radius 2 is 2.00 bits per heavy atom. The van der Waals surface area contributed by atoms with Crippen LogP contribution in [0.25, 0.3) is 0 Å². The molecule has 7 heteroatoms. The van der Waals surface area contributed by atoms with E-state index in [0.29, 0.717) is 14.6 Å². The molecule has 0 saturated heterocycles. The summed E-state index contributed by atoms with van der Waals surface area (Å²) in [5.41, 5.74) is 0.678. The maximum Gasteiger partial charge on any atom is 0.337 e. The highest BCUT2D eigenvalue weighted by Gasteiger charge is 2.18. The summed E-state index contributed by atoms with van der Waals surface area (Å²) in [6.45, 7) is 0. The third-order valence-corrected chi connectivity index (χ3v) is 3.78. The number of carbonyl (C=O) groups is 2. The maximum absolute atomic E-state index is 12.2. The third kappa shape index (κ3) is 2.94. The van der Waals surface area contributed by atoms with Gasteiger partial charge in [-0.25, -0.2) is 4.79 Å². The quantitative estimate of drug-likeness (QED) is 0.826. The van der Waals surface area contributed by atoms with Crippen molar-refractivity contribution in [1.82, 2.24) is 4.57 Å². The minimum atomic E-state index is -1.12. The van der Waals surface area contributed by atoms with E-state index in [1.165, 1.54) is 6.07 Å². The molecule has 1 aromatic heterocycles. The lowest BCUT2D eigenvalue weighted by atomic mass is 10.1. The number of halogens is 2. The lowest BCUT2D eigenvalue weighted by Gasteiger charge is -2.12. The van der Waals surface area contributed by atoms with Crippen molar-refractivity contribution in [3.8, 4) is 0 Å². The van der Waals surface area contributed by atoms with Crippen molar-refractivity contribution in [3.63, 3.8) is 0 Å². The molecule has 5 nitrogen and oxygen atoms in total. The Labute approximate surface area is 131 Å². The molecule has 0 radical (unpaired) electrons. The monoisotopic (exact) mass is 400 g/mol. The van der Waals surface area contributed by atoms with Crippen LogP contribution in [0.5, 0.6) is 0 Å². The van der Waals surface area contributed by atoms with Crippen molar-refractivity contribution >= 4 is 49.4 Å². The summed E-state index contributed by atoms with van der Waals surface area (Å²) in [7, 11) is 1.74. The summed E-state index contributed by atoms with van der Waals surface area (Å²) in [6.07, 6.45) is 1.74. The van der Waals surface area contributed by atoms with E-state index < -0.39 is 5.97 Å². The molecule has 0 spiro atoms. The summed E-state index contributed by atoms with van der Waals surface area (Å²) in [5.74, 6) is -1.49. The van der Waals surface area contributed by atoms with Crippen LogP contribution >= 0.6 is 31.9 Å². The van der Waals surface area contributed by atoms with Gasteiger partial charge in [0.25, 0.3) is 5.91 Å². The van der Waals surface area contributed by atoms with E-state index in [0.717, 1.165) is 0 Å². The van der Waals surface area contributed by atoms with E-state index in [4.69, 9.17) is 0 Å². The van der Waals surface area contributed by atoms with Gasteiger partial charge in [0.05, 0.1) is 11.3 Å². The number of anilines is 1. The molecule has 0 unspecified atom stereocenters. The number of hydrogen-bond donors (Lipinski definition) is 2. The molecule has 2 N–H and O–H groups in total. The van der Waals surface area contributed by atoms with Gasteiger partial charge in [0, 0.05) is 22.2 Å². The van der Waals surface area contributed by atoms with Gasteiger partial charge in [-0.1, -0.05) is 15.9 Å². The van der Waals surface area contributed by atoms with E-state index in [2.05, 4.69) is 37.2 Å². The second-order valence-corrected chi connectivity index (χ2v) is 5.84. The molecule has 0 saturated carbocycles. The average molecular weight is 402 g/mol. The maximum atomic E-state index is 12.2. The minimum Gasteiger partial charge on any atom is -0.478 e. The Balaban J connectivity index is 2.41. The minimum absolute atomic E-state index is 0.00816. The SMILES string of the molecule is Cn1cccc1C(=O)Nc1c(Br)cc(Br)cc1C(=O)O. The second kappa shape index (κ2) is 5.80. The molecule has 0 aliphatic heterocycles.